The number of aliphatic carboxylic acids is 3. The lowest BCUT2D eigenvalue weighted by Gasteiger charge is -2.25. The van der Waals surface area contributed by atoms with Crippen LogP contribution in [0.25, 0.3) is 0 Å². The molecule has 0 saturated heterocycles. The lowest BCUT2D eigenvalue weighted by atomic mass is 10.1. The van der Waals surface area contributed by atoms with E-state index in [-0.39, 0.29) is 0 Å². The number of aliphatic hydroxyl groups excluding tert-OH is 1. The number of carboxylic acid groups (broad SMARTS) is 3. The van der Waals surface area contributed by atoms with Gasteiger partial charge < -0.3 is 42.1 Å². The van der Waals surface area contributed by atoms with Crippen molar-refractivity contribution in [3.8, 4) is 0 Å². The fourth-order valence-electron chi connectivity index (χ4n) is 1.98. The minimum atomic E-state index is -1.84. The Morgan fingerprint density at radius 1 is 0.759 bits per heavy atom. The molecule has 14 heteroatoms. The molecule has 0 bridgehead atoms. The lowest BCUT2D eigenvalue weighted by Crippen LogP contribution is -2.60. The number of amides is 3. The number of hydrogen-bond donors (Lipinski definition) is 8. The van der Waals surface area contributed by atoms with Crippen LogP contribution in [-0.4, -0.2) is 86.3 Å². The number of carbonyl (C=O) groups excluding carboxylic acids is 3. The monoisotopic (exact) mass is 420 g/mol. The van der Waals surface area contributed by atoms with Crippen LogP contribution >= 0.6 is 0 Å². The Labute approximate surface area is 164 Å². The van der Waals surface area contributed by atoms with Gasteiger partial charge >= 0.3 is 17.9 Å². The molecule has 0 spiro atoms. The molecule has 0 aromatic heterocycles. The van der Waals surface area contributed by atoms with Crippen LogP contribution in [0.5, 0.6) is 0 Å². The molecule has 0 aliphatic heterocycles. The first kappa shape index (κ1) is 25.7. The molecule has 0 aliphatic rings. The van der Waals surface area contributed by atoms with Gasteiger partial charge in [-0.15, -0.1) is 0 Å². The summed E-state index contributed by atoms with van der Waals surface area (Å²) >= 11 is 0. The Hall–Kier alpha value is -3.26. The fourth-order valence-corrected chi connectivity index (χ4v) is 1.98. The molecule has 0 rings (SSSR count). The van der Waals surface area contributed by atoms with Crippen molar-refractivity contribution >= 4 is 35.6 Å². The van der Waals surface area contributed by atoms with Crippen molar-refractivity contribution in [1.29, 1.82) is 0 Å². The SMILES string of the molecule is CC(N)C(=O)NC(CC(=O)O)C(=O)NC(C(=O)NC(CC(=O)O)C(=O)O)C(C)O. The van der Waals surface area contributed by atoms with Gasteiger partial charge in [-0.05, 0) is 13.8 Å². The van der Waals surface area contributed by atoms with Crippen LogP contribution in [0, 0.1) is 0 Å². The summed E-state index contributed by atoms with van der Waals surface area (Å²) in [4.78, 5) is 68.9. The van der Waals surface area contributed by atoms with Crippen molar-refractivity contribution in [2.75, 3.05) is 0 Å². The van der Waals surface area contributed by atoms with Gasteiger partial charge in [0.05, 0.1) is 25.0 Å². The van der Waals surface area contributed by atoms with Gasteiger partial charge in [0.1, 0.15) is 18.1 Å². The number of nitrogens with two attached hydrogens (primary N) is 1. The first-order valence-electron chi connectivity index (χ1n) is 8.27. The summed E-state index contributed by atoms with van der Waals surface area (Å²) in [6.45, 7) is 2.36. The van der Waals surface area contributed by atoms with E-state index in [0.717, 1.165) is 6.92 Å². The second kappa shape index (κ2) is 11.6. The molecule has 3 amide bonds. The second-order valence-corrected chi connectivity index (χ2v) is 6.17. The van der Waals surface area contributed by atoms with Crippen LogP contribution in [-0.2, 0) is 28.8 Å². The van der Waals surface area contributed by atoms with Crippen molar-refractivity contribution in [2.24, 2.45) is 5.73 Å². The zero-order valence-corrected chi connectivity index (χ0v) is 15.6. The maximum atomic E-state index is 12.3. The largest absolute Gasteiger partial charge is 0.481 e. The standard InChI is InChI=1S/C15H24N4O10/c1-5(16)12(25)17-7(3-9(21)22)13(26)19-11(6(2)20)14(27)18-8(15(28)29)4-10(23)24/h5-8,11,20H,3-4,16H2,1-2H3,(H,17,25)(H,18,27)(H,19,26)(H,21,22)(H,23,24)(H,28,29). The Bertz CT molecular complexity index is 663. The molecule has 0 aromatic carbocycles. The second-order valence-electron chi connectivity index (χ2n) is 6.17. The predicted molar refractivity (Wildman–Crippen MR) is 93.3 cm³/mol. The summed E-state index contributed by atoms with van der Waals surface area (Å²) in [6, 6.07) is -6.32. The summed E-state index contributed by atoms with van der Waals surface area (Å²) in [6.07, 6.45) is -3.41. The highest BCUT2D eigenvalue weighted by molar-refractivity contribution is 5.96. The molecule has 0 saturated carbocycles. The number of aliphatic hydroxyl groups is 1. The topological polar surface area (TPSA) is 245 Å². The highest BCUT2D eigenvalue weighted by Gasteiger charge is 2.33. The summed E-state index contributed by atoms with van der Waals surface area (Å²) < 4.78 is 0. The van der Waals surface area contributed by atoms with Gasteiger partial charge in [0, 0.05) is 0 Å². The molecular weight excluding hydrogens is 396 g/mol. The highest BCUT2D eigenvalue weighted by atomic mass is 16.4. The maximum Gasteiger partial charge on any atom is 0.326 e. The van der Waals surface area contributed by atoms with E-state index in [0.29, 0.717) is 0 Å². The average Bonchev–Trinajstić information content (AvgIpc) is 2.56. The van der Waals surface area contributed by atoms with E-state index >= 15 is 0 Å². The molecular formula is C15H24N4O10. The summed E-state index contributed by atoms with van der Waals surface area (Å²) in [7, 11) is 0. The molecule has 9 N–H and O–H groups in total. The van der Waals surface area contributed by atoms with Crippen molar-refractivity contribution in [1.82, 2.24) is 16.0 Å². The van der Waals surface area contributed by atoms with E-state index in [2.05, 4.69) is 5.32 Å². The Morgan fingerprint density at radius 2 is 1.21 bits per heavy atom. The minimum absolute atomic E-state index is 0.850. The van der Waals surface area contributed by atoms with E-state index in [1.807, 2.05) is 10.6 Å². The third-order valence-corrected chi connectivity index (χ3v) is 3.48. The van der Waals surface area contributed by atoms with Gasteiger partial charge in [-0.3, -0.25) is 24.0 Å². The fraction of sp³-hybridized carbons (Fsp3) is 0.600. The molecule has 14 nitrogen and oxygen atoms in total. The number of nitrogens with one attached hydrogen (secondary N) is 3. The van der Waals surface area contributed by atoms with Crippen LogP contribution in [0.2, 0.25) is 0 Å². The van der Waals surface area contributed by atoms with Gasteiger partial charge in [-0.1, -0.05) is 0 Å². The van der Waals surface area contributed by atoms with Gasteiger partial charge in [-0.2, -0.15) is 0 Å². The Kier molecular flexibility index (Phi) is 10.3. The Morgan fingerprint density at radius 3 is 1.59 bits per heavy atom. The number of hydrogen-bond acceptors (Lipinski definition) is 8. The zero-order chi connectivity index (χ0) is 22.9. The smallest absolute Gasteiger partial charge is 0.326 e. The van der Waals surface area contributed by atoms with Gasteiger partial charge in [0.15, 0.2) is 0 Å². The molecule has 29 heavy (non-hydrogen) atoms. The first-order valence-corrected chi connectivity index (χ1v) is 8.27. The van der Waals surface area contributed by atoms with Gasteiger partial charge in [-0.25, -0.2) is 4.79 Å². The summed E-state index contributed by atoms with van der Waals surface area (Å²) in [5.74, 6) is -7.88. The summed E-state index contributed by atoms with van der Waals surface area (Å²) in [5, 5.41) is 42.2. The van der Waals surface area contributed by atoms with Gasteiger partial charge in [0.2, 0.25) is 17.7 Å². The molecule has 5 unspecified atom stereocenters. The van der Waals surface area contributed by atoms with E-state index in [4.69, 9.17) is 21.1 Å². The molecule has 0 radical (unpaired) electrons. The van der Waals surface area contributed by atoms with E-state index in [1.165, 1.54) is 6.92 Å². The van der Waals surface area contributed by atoms with E-state index in [9.17, 15) is 33.9 Å². The normalized spacial score (nSPS) is 15.7. The minimum Gasteiger partial charge on any atom is -0.481 e. The zero-order valence-electron chi connectivity index (χ0n) is 15.6. The third-order valence-electron chi connectivity index (χ3n) is 3.48. The third kappa shape index (κ3) is 9.48. The van der Waals surface area contributed by atoms with Crippen LogP contribution in [0.3, 0.4) is 0 Å². The molecule has 0 aromatic rings. The van der Waals surface area contributed by atoms with Crippen molar-refractivity contribution in [3.05, 3.63) is 0 Å². The molecule has 0 fully saturated rings. The molecule has 0 aliphatic carbocycles. The van der Waals surface area contributed by atoms with Crippen LogP contribution < -0.4 is 21.7 Å². The molecule has 164 valence electrons. The quantitative estimate of drug-likeness (QED) is 0.152. The highest BCUT2D eigenvalue weighted by Crippen LogP contribution is 2.01. The Balaban J connectivity index is 5.39. The van der Waals surface area contributed by atoms with Crippen LogP contribution in [0.1, 0.15) is 26.7 Å². The first-order chi connectivity index (χ1) is 13.3. The molecule has 5 atom stereocenters. The molecule has 0 heterocycles. The van der Waals surface area contributed by atoms with Gasteiger partial charge in [0.25, 0.3) is 0 Å². The predicted octanol–water partition coefficient (Wildman–Crippen LogP) is -3.80. The lowest BCUT2D eigenvalue weighted by molar-refractivity contribution is -0.148. The number of rotatable bonds is 12. The van der Waals surface area contributed by atoms with E-state index < -0.39 is 78.7 Å². The van der Waals surface area contributed by atoms with Crippen molar-refractivity contribution in [2.45, 2.75) is 57.0 Å². The number of carboxylic acids is 3. The van der Waals surface area contributed by atoms with E-state index in [1.54, 1.807) is 0 Å². The van der Waals surface area contributed by atoms with Crippen molar-refractivity contribution < 1.29 is 49.2 Å². The summed E-state index contributed by atoms with van der Waals surface area (Å²) in [5.41, 5.74) is 5.34. The average molecular weight is 420 g/mol. The van der Waals surface area contributed by atoms with Crippen LogP contribution in [0.4, 0.5) is 0 Å². The van der Waals surface area contributed by atoms with Crippen molar-refractivity contribution in [3.63, 3.8) is 0 Å². The number of carbonyl (C=O) groups is 6. The van der Waals surface area contributed by atoms with Crippen LogP contribution in [0.15, 0.2) is 0 Å². The maximum absolute atomic E-state index is 12.3.